The van der Waals surface area contributed by atoms with Crippen molar-refractivity contribution < 1.29 is 0 Å². The molecule has 2 aromatic heterocycles. The van der Waals surface area contributed by atoms with Gasteiger partial charge in [0.1, 0.15) is 0 Å². The van der Waals surface area contributed by atoms with Crippen LogP contribution in [0.2, 0.25) is 0 Å². The molecule has 11 aromatic rings. The highest BCUT2D eigenvalue weighted by Gasteiger charge is 2.51. The minimum absolute atomic E-state index is 0.141. The zero-order valence-corrected chi connectivity index (χ0v) is 36.5. The van der Waals surface area contributed by atoms with Gasteiger partial charge in [-0.3, -0.25) is 0 Å². The summed E-state index contributed by atoms with van der Waals surface area (Å²) in [4.78, 5) is 18.3. The van der Waals surface area contributed by atoms with E-state index in [-0.39, 0.29) is 6.04 Å². The summed E-state index contributed by atoms with van der Waals surface area (Å²) in [6.45, 7) is 0. The fourth-order valence-electron chi connectivity index (χ4n) is 10.8. The van der Waals surface area contributed by atoms with Gasteiger partial charge in [-0.15, -0.1) is 11.3 Å². The molecular formula is C59H36N4S2. The average molecular weight is 865 g/mol. The van der Waals surface area contributed by atoms with Crippen molar-refractivity contribution >= 4 is 49.0 Å². The number of benzene rings is 9. The molecule has 1 unspecified atom stereocenters. The molecule has 0 saturated carbocycles. The SMILES string of the molecule is c1ccc(-c2nc(-c3cccc(C4Nc5ccccc5-c5cc6c(cc54)-c4ccccc4C64c5ccccc5Sc5ccccc54)c3)nc(-c3cccc4c3sc3ccccc34)n2)cc1. The summed E-state index contributed by atoms with van der Waals surface area (Å²) in [5.41, 5.74) is 16.3. The second-order valence-corrected chi connectivity index (χ2v) is 19.2. The molecule has 0 bridgehead atoms. The lowest BCUT2D eigenvalue weighted by Gasteiger charge is -2.40. The van der Waals surface area contributed by atoms with Crippen molar-refractivity contribution in [2.24, 2.45) is 0 Å². The Kier molecular flexibility index (Phi) is 8.03. The maximum Gasteiger partial charge on any atom is 0.165 e. The Bertz CT molecular complexity index is 3720. The molecule has 1 atom stereocenters. The average Bonchev–Trinajstić information content (AvgIpc) is 3.89. The molecule has 0 radical (unpaired) electrons. The summed E-state index contributed by atoms with van der Waals surface area (Å²) in [6, 6.07) is 74.9. The van der Waals surface area contributed by atoms with Gasteiger partial charge in [-0.05, 0) is 98.6 Å². The van der Waals surface area contributed by atoms with Gasteiger partial charge < -0.3 is 5.32 Å². The van der Waals surface area contributed by atoms with Gasteiger partial charge in [-0.25, -0.2) is 15.0 Å². The Hall–Kier alpha value is -7.64. The Labute approximate surface area is 384 Å². The zero-order valence-electron chi connectivity index (χ0n) is 34.9. The van der Waals surface area contributed by atoms with E-state index in [1.165, 1.54) is 80.0 Å². The third-order valence-electron chi connectivity index (χ3n) is 13.6. The summed E-state index contributed by atoms with van der Waals surface area (Å²) in [6.07, 6.45) is 0. The summed E-state index contributed by atoms with van der Waals surface area (Å²) in [5.74, 6) is 1.96. The van der Waals surface area contributed by atoms with E-state index in [4.69, 9.17) is 15.0 Å². The Morgan fingerprint density at radius 1 is 0.415 bits per heavy atom. The molecule has 9 aromatic carbocycles. The summed E-state index contributed by atoms with van der Waals surface area (Å²) in [5, 5.41) is 6.48. The van der Waals surface area contributed by atoms with Crippen LogP contribution in [0.4, 0.5) is 5.69 Å². The predicted octanol–water partition coefficient (Wildman–Crippen LogP) is 15.3. The van der Waals surface area contributed by atoms with Crippen LogP contribution in [0.3, 0.4) is 0 Å². The first kappa shape index (κ1) is 36.8. The predicted molar refractivity (Wildman–Crippen MR) is 268 cm³/mol. The molecule has 4 nitrogen and oxygen atoms in total. The lowest BCUT2D eigenvalue weighted by atomic mass is 9.66. The van der Waals surface area contributed by atoms with Crippen LogP contribution in [0.25, 0.3) is 76.6 Å². The van der Waals surface area contributed by atoms with Gasteiger partial charge in [-0.1, -0.05) is 169 Å². The molecule has 65 heavy (non-hydrogen) atoms. The van der Waals surface area contributed by atoms with E-state index in [1.54, 1.807) is 11.3 Å². The van der Waals surface area contributed by atoms with E-state index in [0.717, 1.165) is 27.9 Å². The van der Waals surface area contributed by atoms with E-state index in [2.05, 4.69) is 193 Å². The van der Waals surface area contributed by atoms with Crippen molar-refractivity contribution in [3.8, 4) is 56.4 Å². The third-order valence-corrected chi connectivity index (χ3v) is 16.0. The molecule has 0 saturated heterocycles. The standard InChI is InChI=1S/C59H36N4S2/c1-2-16-35(17-3-1)56-61-57(63-58(62-56)42-24-15-23-41-40-22-6-11-29-51(40)65-55(41)42)37-19-14-18-36(32-37)54-45-33-44-38-20-4-7-25-46(38)59(49(44)34-43(45)39-21-5-10-28-50(39)60-54)47-26-8-12-30-52(47)64-53-31-13-9-27-48(53)59/h1-34,54,60H. The molecule has 304 valence electrons. The first-order valence-corrected chi connectivity index (χ1v) is 23.7. The first-order chi connectivity index (χ1) is 32.2. The first-order valence-electron chi connectivity index (χ1n) is 22.0. The minimum atomic E-state index is -0.457. The smallest absolute Gasteiger partial charge is 0.165 e. The maximum atomic E-state index is 5.31. The second kappa shape index (κ2) is 14.2. The lowest BCUT2D eigenvalue weighted by Crippen LogP contribution is -2.32. The van der Waals surface area contributed by atoms with Crippen LogP contribution in [0, 0.1) is 0 Å². The van der Waals surface area contributed by atoms with Gasteiger partial charge in [0, 0.05) is 57.9 Å². The molecule has 0 fully saturated rings. The summed E-state index contributed by atoms with van der Waals surface area (Å²) in [7, 11) is 0. The van der Waals surface area contributed by atoms with E-state index in [9.17, 15) is 0 Å². The van der Waals surface area contributed by atoms with Crippen LogP contribution in [0.5, 0.6) is 0 Å². The van der Waals surface area contributed by atoms with Crippen molar-refractivity contribution in [3.63, 3.8) is 0 Å². The zero-order chi connectivity index (χ0) is 42.6. The molecule has 4 heterocycles. The number of anilines is 1. The quantitative estimate of drug-likeness (QED) is 0.191. The topological polar surface area (TPSA) is 50.7 Å². The van der Waals surface area contributed by atoms with Gasteiger partial charge in [0.25, 0.3) is 0 Å². The van der Waals surface area contributed by atoms with E-state index in [1.807, 2.05) is 30.0 Å². The van der Waals surface area contributed by atoms with Crippen LogP contribution < -0.4 is 5.32 Å². The third kappa shape index (κ3) is 5.42. The normalized spacial score (nSPS) is 14.8. The number of nitrogens with zero attached hydrogens (tertiary/aromatic N) is 3. The Balaban J connectivity index is 0.964. The monoisotopic (exact) mass is 864 g/mol. The summed E-state index contributed by atoms with van der Waals surface area (Å²) < 4.78 is 2.42. The highest BCUT2D eigenvalue weighted by molar-refractivity contribution is 7.99. The minimum Gasteiger partial charge on any atom is -0.374 e. The fraction of sp³-hybridized carbons (Fsp3) is 0.0339. The van der Waals surface area contributed by atoms with Crippen LogP contribution in [-0.2, 0) is 5.41 Å². The number of para-hydroxylation sites is 1. The van der Waals surface area contributed by atoms with Crippen LogP contribution >= 0.6 is 23.1 Å². The van der Waals surface area contributed by atoms with Gasteiger partial charge in [-0.2, -0.15) is 0 Å². The van der Waals surface area contributed by atoms with E-state index >= 15 is 0 Å². The lowest BCUT2D eigenvalue weighted by molar-refractivity contribution is 0.722. The molecule has 2 aliphatic heterocycles. The van der Waals surface area contributed by atoms with Crippen molar-refractivity contribution in [1.29, 1.82) is 0 Å². The molecule has 1 spiro atoms. The highest BCUT2D eigenvalue weighted by atomic mass is 32.2. The van der Waals surface area contributed by atoms with E-state index in [0.29, 0.717) is 17.5 Å². The van der Waals surface area contributed by atoms with E-state index < -0.39 is 5.41 Å². The number of hydrogen-bond donors (Lipinski definition) is 1. The van der Waals surface area contributed by atoms with Gasteiger partial charge in [0.05, 0.1) is 11.5 Å². The molecule has 1 N–H and O–H groups in total. The Morgan fingerprint density at radius 2 is 1.03 bits per heavy atom. The molecule has 6 heteroatoms. The number of hydrogen-bond acceptors (Lipinski definition) is 6. The Morgan fingerprint density at radius 3 is 1.86 bits per heavy atom. The molecular weight excluding hydrogens is 829 g/mol. The van der Waals surface area contributed by atoms with Crippen molar-refractivity contribution in [2.45, 2.75) is 21.2 Å². The summed E-state index contributed by atoms with van der Waals surface area (Å²) >= 11 is 3.67. The molecule has 14 rings (SSSR count). The number of thiophene rings is 1. The molecule has 0 amide bonds. The van der Waals surface area contributed by atoms with Gasteiger partial charge in [0.2, 0.25) is 0 Å². The number of fused-ring (bicyclic) bond motifs is 15. The van der Waals surface area contributed by atoms with Crippen molar-refractivity contribution in [1.82, 2.24) is 15.0 Å². The molecule has 1 aliphatic carbocycles. The fourth-order valence-corrected chi connectivity index (χ4v) is 13.3. The number of aromatic nitrogens is 3. The second-order valence-electron chi connectivity index (χ2n) is 17.1. The molecule has 3 aliphatic rings. The maximum absolute atomic E-state index is 5.31. The van der Waals surface area contributed by atoms with Crippen LogP contribution in [-0.4, -0.2) is 15.0 Å². The van der Waals surface area contributed by atoms with Crippen molar-refractivity contribution in [2.75, 3.05) is 5.32 Å². The van der Waals surface area contributed by atoms with Crippen LogP contribution in [0.15, 0.2) is 216 Å². The van der Waals surface area contributed by atoms with Gasteiger partial charge >= 0.3 is 0 Å². The number of nitrogens with one attached hydrogen (secondary N) is 1. The highest BCUT2D eigenvalue weighted by Crippen LogP contribution is 2.63. The van der Waals surface area contributed by atoms with Gasteiger partial charge in [0.15, 0.2) is 17.5 Å². The van der Waals surface area contributed by atoms with Crippen LogP contribution in [0.1, 0.15) is 39.4 Å². The van der Waals surface area contributed by atoms with Crippen molar-refractivity contribution in [3.05, 3.63) is 240 Å². The largest absolute Gasteiger partial charge is 0.374 e. The number of rotatable bonds is 4.